The minimum absolute atomic E-state index is 0.195. The number of hydrogen-bond donors (Lipinski definition) is 1. The van der Waals surface area contributed by atoms with Gasteiger partial charge in [-0.25, -0.2) is 9.78 Å². The lowest BCUT2D eigenvalue weighted by molar-refractivity contribution is 0.0685. The van der Waals surface area contributed by atoms with Crippen molar-refractivity contribution in [2.75, 3.05) is 25.1 Å². The Bertz CT molecular complexity index is 771. The van der Waals surface area contributed by atoms with Crippen LogP contribution in [0.15, 0.2) is 35.1 Å². The minimum Gasteiger partial charge on any atom is -0.486 e. The summed E-state index contributed by atoms with van der Waals surface area (Å²) in [5, 5.41) is 9.31. The molecular weight excluding hydrogens is 310 g/mol. The van der Waals surface area contributed by atoms with E-state index in [1.807, 2.05) is 30.3 Å². The molecule has 24 heavy (non-hydrogen) atoms. The molecule has 1 aromatic carbocycles. The lowest BCUT2D eigenvalue weighted by Gasteiger charge is -2.21. The van der Waals surface area contributed by atoms with E-state index >= 15 is 0 Å². The number of hydrogen-bond acceptors (Lipinski definition) is 5. The zero-order chi connectivity index (χ0) is 17.7. The summed E-state index contributed by atoms with van der Waals surface area (Å²) >= 11 is 0. The second-order valence-electron chi connectivity index (χ2n) is 5.35. The first-order chi connectivity index (χ1) is 11.5. The first kappa shape index (κ1) is 17.5. The second-order valence-corrected chi connectivity index (χ2v) is 5.35. The Labute approximate surface area is 140 Å². The zero-order valence-corrected chi connectivity index (χ0v) is 14.0. The standard InChI is InChI=1S/C17H21N3O4/c1-4-24-14-13(16(22)23)18-17(20(3)15(14)21)19(2)11-10-12-8-6-5-7-9-12/h5-9H,4,10-11H2,1-3H3,(H,22,23). The fourth-order valence-corrected chi connectivity index (χ4v) is 2.37. The van der Waals surface area contributed by atoms with Gasteiger partial charge in [-0.1, -0.05) is 30.3 Å². The molecule has 0 aliphatic heterocycles. The number of carboxylic acids is 1. The number of likely N-dealkylation sites (N-methyl/N-ethyl adjacent to an activating group) is 1. The number of aromatic carboxylic acids is 1. The zero-order valence-electron chi connectivity index (χ0n) is 14.0. The van der Waals surface area contributed by atoms with E-state index in [1.54, 1.807) is 25.9 Å². The van der Waals surface area contributed by atoms with Crippen LogP contribution in [0.25, 0.3) is 0 Å². The van der Waals surface area contributed by atoms with Crippen molar-refractivity contribution in [3.05, 3.63) is 51.9 Å². The van der Waals surface area contributed by atoms with Crippen LogP contribution in [0, 0.1) is 0 Å². The third-order valence-corrected chi connectivity index (χ3v) is 3.64. The lowest BCUT2D eigenvalue weighted by Crippen LogP contribution is -2.32. The van der Waals surface area contributed by atoms with E-state index in [4.69, 9.17) is 4.74 Å². The highest BCUT2D eigenvalue weighted by atomic mass is 16.5. The Morgan fingerprint density at radius 1 is 1.33 bits per heavy atom. The number of anilines is 1. The van der Waals surface area contributed by atoms with Crippen LogP contribution in [0.3, 0.4) is 0 Å². The first-order valence-electron chi connectivity index (χ1n) is 7.67. The molecule has 0 saturated carbocycles. The number of aromatic nitrogens is 2. The Hall–Kier alpha value is -2.83. The van der Waals surface area contributed by atoms with Crippen LogP contribution < -0.4 is 15.2 Å². The number of benzene rings is 1. The Balaban J connectivity index is 2.32. The van der Waals surface area contributed by atoms with Crippen molar-refractivity contribution in [2.45, 2.75) is 13.3 Å². The van der Waals surface area contributed by atoms with Gasteiger partial charge >= 0.3 is 5.97 Å². The van der Waals surface area contributed by atoms with Gasteiger partial charge in [0, 0.05) is 20.6 Å². The first-order valence-corrected chi connectivity index (χ1v) is 7.67. The van der Waals surface area contributed by atoms with Crippen molar-refractivity contribution < 1.29 is 14.6 Å². The second kappa shape index (κ2) is 7.63. The molecule has 0 atom stereocenters. The van der Waals surface area contributed by atoms with Crippen LogP contribution in [0.2, 0.25) is 0 Å². The van der Waals surface area contributed by atoms with Gasteiger partial charge in [-0.15, -0.1) is 0 Å². The highest BCUT2D eigenvalue weighted by molar-refractivity contribution is 5.88. The van der Waals surface area contributed by atoms with Crippen molar-refractivity contribution in [3.8, 4) is 5.75 Å². The van der Waals surface area contributed by atoms with Gasteiger partial charge in [-0.05, 0) is 18.9 Å². The monoisotopic (exact) mass is 331 g/mol. The van der Waals surface area contributed by atoms with Crippen molar-refractivity contribution >= 4 is 11.9 Å². The van der Waals surface area contributed by atoms with Gasteiger partial charge in [0.05, 0.1) is 6.61 Å². The van der Waals surface area contributed by atoms with Crippen LogP contribution in [0.5, 0.6) is 5.75 Å². The molecule has 7 heteroatoms. The van der Waals surface area contributed by atoms with Crippen molar-refractivity contribution in [3.63, 3.8) is 0 Å². The van der Waals surface area contributed by atoms with Gasteiger partial charge in [-0.2, -0.15) is 0 Å². The predicted octanol–water partition coefficient (Wildman–Crippen LogP) is 1.56. The summed E-state index contributed by atoms with van der Waals surface area (Å²) in [7, 11) is 3.33. The summed E-state index contributed by atoms with van der Waals surface area (Å²) in [6.07, 6.45) is 0.753. The lowest BCUT2D eigenvalue weighted by atomic mass is 10.1. The Morgan fingerprint density at radius 3 is 2.58 bits per heavy atom. The number of carbonyl (C=O) groups is 1. The van der Waals surface area contributed by atoms with E-state index in [9.17, 15) is 14.7 Å². The van der Waals surface area contributed by atoms with Crippen LogP contribution in [0.4, 0.5) is 5.95 Å². The highest BCUT2D eigenvalue weighted by Gasteiger charge is 2.22. The molecule has 2 rings (SSSR count). The molecule has 0 amide bonds. The number of nitrogens with zero attached hydrogens (tertiary/aromatic N) is 3. The van der Waals surface area contributed by atoms with E-state index in [2.05, 4.69) is 4.98 Å². The fraction of sp³-hybridized carbons (Fsp3) is 0.353. The van der Waals surface area contributed by atoms with Crippen LogP contribution in [0.1, 0.15) is 23.0 Å². The van der Waals surface area contributed by atoms with Crippen molar-refractivity contribution in [2.24, 2.45) is 7.05 Å². The van der Waals surface area contributed by atoms with E-state index in [0.29, 0.717) is 6.54 Å². The molecule has 0 saturated heterocycles. The number of ether oxygens (including phenoxy) is 1. The Morgan fingerprint density at radius 2 is 2.00 bits per heavy atom. The minimum atomic E-state index is -1.28. The maximum Gasteiger partial charge on any atom is 0.358 e. The van der Waals surface area contributed by atoms with Gasteiger partial charge in [0.1, 0.15) is 0 Å². The van der Waals surface area contributed by atoms with Crippen LogP contribution in [-0.4, -0.2) is 40.8 Å². The molecular formula is C17H21N3O4. The molecule has 0 aliphatic rings. The van der Waals surface area contributed by atoms with Crippen molar-refractivity contribution in [1.82, 2.24) is 9.55 Å². The molecule has 0 radical (unpaired) electrons. The van der Waals surface area contributed by atoms with Gasteiger partial charge < -0.3 is 14.7 Å². The maximum absolute atomic E-state index is 12.4. The number of carboxylic acid groups (broad SMARTS) is 1. The molecule has 2 aromatic rings. The smallest absolute Gasteiger partial charge is 0.358 e. The third kappa shape index (κ3) is 3.73. The largest absolute Gasteiger partial charge is 0.486 e. The quantitative estimate of drug-likeness (QED) is 0.829. The van der Waals surface area contributed by atoms with Gasteiger partial charge in [0.15, 0.2) is 5.69 Å². The third-order valence-electron chi connectivity index (χ3n) is 3.64. The summed E-state index contributed by atoms with van der Waals surface area (Å²) in [5.74, 6) is -1.22. The fourth-order valence-electron chi connectivity index (χ4n) is 2.37. The molecule has 0 aliphatic carbocycles. The maximum atomic E-state index is 12.4. The van der Waals surface area contributed by atoms with E-state index in [0.717, 1.165) is 12.0 Å². The van der Waals surface area contributed by atoms with Crippen LogP contribution >= 0.6 is 0 Å². The molecule has 128 valence electrons. The topological polar surface area (TPSA) is 84.7 Å². The summed E-state index contributed by atoms with van der Waals surface area (Å²) in [6, 6.07) is 9.90. The molecule has 0 unspecified atom stereocenters. The summed E-state index contributed by atoms with van der Waals surface area (Å²) in [4.78, 5) is 29.7. The summed E-state index contributed by atoms with van der Waals surface area (Å²) < 4.78 is 6.49. The molecule has 1 N–H and O–H groups in total. The van der Waals surface area contributed by atoms with E-state index < -0.39 is 11.5 Å². The predicted molar refractivity (Wildman–Crippen MR) is 91.0 cm³/mol. The van der Waals surface area contributed by atoms with Gasteiger partial charge in [0.25, 0.3) is 5.56 Å². The molecule has 0 spiro atoms. The van der Waals surface area contributed by atoms with Gasteiger partial charge in [0.2, 0.25) is 11.7 Å². The Kier molecular flexibility index (Phi) is 5.57. The molecule has 7 nitrogen and oxygen atoms in total. The van der Waals surface area contributed by atoms with E-state index in [-0.39, 0.29) is 24.0 Å². The van der Waals surface area contributed by atoms with Gasteiger partial charge in [-0.3, -0.25) is 9.36 Å². The average Bonchev–Trinajstić information content (AvgIpc) is 2.58. The molecule has 0 bridgehead atoms. The molecule has 1 heterocycles. The van der Waals surface area contributed by atoms with Crippen molar-refractivity contribution in [1.29, 1.82) is 0 Å². The molecule has 1 aromatic heterocycles. The highest BCUT2D eigenvalue weighted by Crippen LogP contribution is 2.16. The summed E-state index contributed by atoms with van der Waals surface area (Å²) in [6.45, 7) is 2.47. The SMILES string of the molecule is CCOc1c(C(=O)O)nc(N(C)CCc2ccccc2)n(C)c1=O. The average molecular weight is 331 g/mol. The molecule has 0 fully saturated rings. The summed E-state index contributed by atoms with van der Waals surface area (Å²) in [5.41, 5.74) is 0.283. The van der Waals surface area contributed by atoms with Crippen LogP contribution in [-0.2, 0) is 13.5 Å². The normalized spacial score (nSPS) is 10.5. The van der Waals surface area contributed by atoms with E-state index in [1.165, 1.54) is 4.57 Å². The number of rotatable bonds is 7.